The number of aliphatic hydroxyl groups excluding tert-OH is 1. The Morgan fingerprint density at radius 3 is 2.67 bits per heavy atom. The minimum absolute atomic E-state index is 0.140. The van der Waals surface area contributed by atoms with Crippen LogP contribution in [0.15, 0.2) is 6.20 Å². The molecular weight excluding hydrogens is 228 g/mol. The molecule has 0 aromatic carbocycles. The van der Waals surface area contributed by atoms with Gasteiger partial charge in [0.15, 0.2) is 0 Å². The topological polar surface area (TPSA) is 61.3 Å². The molecule has 0 amide bonds. The fourth-order valence-corrected chi connectivity index (χ4v) is 1.79. The van der Waals surface area contributed by atoms with Crippen LogP contribution in [0.5, 0.6) is 0 Å². The largest absolute Gasteiger partial charge is 0.395 e. The molecule has 0 saturated carbocycles. The number of aromatic nitrogens is 2. The molecule has 102 valence electrons. The lowest BCUT2D eigenvalue weighted by molar-refractivity contribution is 0.301. The Hall–Kier alpha value is -1.36. The summed E-state index contributed by atoms with van der Waals surface area (Å²) in [5.74, 6) is 1.58. The predicted molar refractivity (Wildman–Crippen MR) is 75.1 cm³/mol. The normalized spacial score (nSPS) is 10.4. The second kappa shape index (κ2) is 7.87. The molecular formula is C13H24N4O. The fraction of sp³-hybridized carbons (Fsp3) is 0.692. The van der Waals surface area contributed by atoms with Crippen molar-refractivity contribution in [2.45, 2.75) is 33.6 Å². The second-order valence-corrected chi connectivity index (χ2v) is 4.34. The molecule has 5 nitrogen and oxygen atoms in total. The molecule has 1 aromatic heterocycles. The summed E-state index contributed by atoms with van der Waals surface area (Å²) in [7, 11) is 0. The quantitative estimate of drug-likeness (QED) is 0.739. The van der Waals surface area contributed by atoms with Gasteiger partial charge in [0.05, 0.1) is 6.61 Å². The molecule has 0 aliphatic carbocycles. The molecule has 0 saturated heterocycles. The summed E-state index contributed by atoms with van der Waals surface area (Å²) in [5, 5.41) is 12.3. The summed E-state index contributed by atoms with van der Waals surface area (Å²) in [6, 6.07) is 0. The zero-order chi connectivity index (χ0) is 13.4. The first-order valence-electron chi connectivity index (χ1n) is 6.66. The van der Waals surface area contributed by atoms with Crippen LogP contribution in [0, 0.1) is 6.92 Å². The second-order valence-electron chi connectivity index (χ2n) is 4.34. The number of nitrogens with zero attached hydrogens (tertiary/aromatic N) is 3. The number of nitrogens with one attached hydrogen (secondary N) is 1. The summed E-state index contributed by atoms with van der Waals surface area (Å²) in [5.41, 5.74) is 1.04. The van der Waals surface area contributed by atoms with Gasteiger partial charge in [-0.15, -0.1) is 0 Å². The average Bonchev–Trinajstić information content (AvgIpc) is 2.37. The lowest BCUT2D eigenvalue weighted by Crippen LogP contribution is -2.29. The van der Waals surface area contributed by atoms with E-state index in [1.165, 1.54) is 0 Å². The summed E-state index contributed by atoms with van der Waals surface area (Å²) in [6.07, 6.45) is 3.91. The zero-order valence-corrected chi connectivity index (χ0v) is 11.6. The number of anilines is 2. The molecule has 0 atom stereocenters. The van der Waals surface area contributed by atoms with E-state index in [1.807, 2.05) is 13.1 Å². The molecule has 1 aromatic rings. The molecule has 0 bridgehead atoms. The number of aliphatic hydroxyl groups is 1. The monoisotopic (exact) mass is 252 g/mol. The van der Waals surface area contributed by atoms with E-state index in [1.54, 1.807) is 0 Å². The van der Waals surface area contributed by atoms with E-state index in [2.05, 4.69) is 34.0 Å². The third-order valence-corrected chi connectivity index (χ3v) is 2.64. The van der Waals surface area contributed by atoms with Gasteiger partial charge in [-0.3, -0.25) is 0 Å². The van der Waals surface area contributed by atoms with Gasteiger partial charge >= 0.3 is 0 Å². The zero-order valence-electron chi connectivity index (χ0n) is 11.6. The molecule has 1 heterocycles. The molecule has 0 fully saturated rings. The van der Waals surface area contributed by atoms with Crippen LogP contribution in [0.4, 0.5) is 11.8 Å². The summed E-state index contributed by atoms with van der Waals surface area (Å²) in [6.45, 7) is 8.75. The maximum Gasteiger partial charge on any atom is 0.224 e. The Labute approximate surface area is 109 Å². The van der Waals surface area contributed by atoms with Crippen molar-refractivity contribution in [3.63, 3.8) is 0 Å². The van der Waals surface area contributed by atoms with Crippen molar-refractivity contribution < 1.29 is 5.11 Å². The Kier molecular flexibility index (Phi) is 6.43. The molecule has 18 heavy (non-hydrogen) atoms. The molecule has 0 aliphatic heterocycles. The number of aryl methyl sites for hydroxylation is 1. The number of hydrogen-bond acceptors (Lipinski definition) is 5. The van der Waals surface area contributed by atoms with E-state index in [0.717, 1.165) is 37.3 Å². The SMILES string of the molecule is CCCNc1ncc(C)c(N(CCC)CCO)n1. The van der Waals surface area contributed by atoms with Crippen molar-refractivity contribution in [1.82, 2.24) is 9.97 Å². The maximum atomic E-state index is 9.13. The highest BCUT2D eigenvalue weighted by Crippen LogP contribution is 2.18. The summed E-state index contributed by atoms with van der Waals surface area (Å²) < 4.78 is 0. The van der Waals surface area contributed by atoms with E-state index >= 15 is 0 Å². The van der Waals surface area contributed by atoms with Crippen molar-refractivity contribution in [1.29, 1.82) is 0 Å². The van der Waals surface area contributed by atoms with Crippen LogP contribution in [0.2, 0.25) is 0 Å². The van der Waals surface area contributed by atoms with Gasteiger partial charge in [-0.25, -0.2) is 4.98 Å². The van der Waals surface area contributed by atoms with Crippen molar-refractivity contribution in [3.05, 3.63) is 11.8 Å². The third kappa shape index (κ3) is 4.14. The predicted octanol–water partition coefficient (Wildman–Crippen LogP) is 1.82. The Morgan fingerprint density at radius 1 is 1.28 bits per heavy atom. The first-order valence-corrected chi connectivity index (χ1v) is 6.66. The summed E-state index contributed by atoms with van der Waals surface area (Å²) in [4.78, 5) is 10.9. The van der Waals surface area contributed by atoms with Crippen molar-refractivity contribution >= 4 is 11.8 Å². The van der Waals surface area contributed by atoms with Gasteiger partial charge in [-0.2, -0.15) is 4.98 Å². The van der Waals surface area contributed by atoms with Gasteiger partial charge in [0.25, 0.3) is 0 Å². The first-order chi connectivity index (χ1) is 8.72. The van der Waals surface area contributed by atoms with Crippen LogP contribution >= 0.6 is 0 Å². The smallest absolute Gasteiger partial charge is 0.224 e. The minimum atomic E-state index is 0.140. The lowest BCUT2D eigenvalue weighted by Gasteiger charge is -2.24. The molecule has 5 heteroatoms. The average molecular weight is 252 g/mol. The third-order valence-electron chi connectivity index (χ3n) is 2.64. The van der Waals surface area contributed by atoms with Crippen molar-refractivity contribution in [2.24, 2.45) is 0 Å². The van der Waals surface area contributed by atoms with Crippen molar-refractivity contribution in [3.8, 4) is 0 Å². The van der Waals surface area contributed by atoms with Gasteiger partial charge in [0.1, 0.15) is 5.82 Å². The minimum Gasteiger partial charge on any atom is -0.395 e. The standard InChI is InChI=1S/C13H24N4O/c1-4-6-14-13-15-10-11(3)12(16-13)17(7-5-2)8-9-18/h10,18H,4-9H2,1-3H3,(H,14,15,16). The van der Waals surface area contributed by atoms with E-state index in [0.29, 0.717) is 12.5 Å². The lowest BCUT2D eigenvalue weighted by atomic mass is 10.3. The molecule has 1 rings (SSSR count). The van der Waals surface area contributed by atoms with Gasteiger partial charge in [-0.1, -0.05) is 13.8 Å². The van der Waals surface area contributed by atoms with E-state index in [9.17, 15) is 0 Å². The van der Waals surface area contributed by atoms with Gasteiger partial charge in [0, 0.05) is 31.4 Å². The highest BCUT2D eigenvalue weighted by molar-refractivity contribution is 5.48. The highest BCUT2D eigenvalue weighted by atomic mass is 16.3. The molecule has 0 spiro atoms. The Morgan fingerprint density at radius 2 is 2.06 bits per heavy atom. The fourth-order valence-electron chi connectivity index (χ4n) is 1.79. The van der Waals surface area contributed by atoms with E-state index in [4.69, 9.17) is 5.11 Å². The van der Waals surface area contributed by atoms with E-state index in [-0.39, 0.29) is 6.61 Å². The highest BCUT2D eigenvalue weighted by Gasteiger charge is 2.11. The molecule has 0 radical (unpaired) electrons. The maximum absolute atomic E-state index is 9.13. The Balaban J connectivity index is 2.88. The van der Waals surface area contributed by atoms with Gasteiger partial charge < -0.3 is 15.3 Å². The van der Waals surface area contributed by atoms with E-state index < -0.39 is 0 Å². The molecule has 2 N–H and O–H groups in total. The van der Waals surface area contributed by atoms with Crippen LogP contribution in [-0.2, 0) is 0 Å². The summed E-state index contributed by atoms with van der Waals surface area (Å²) >= 11 is 0. The van der Waals surface area contributed by atoms with Crippen LogP contribution in [0.3, 0.4) is 0 Å². The van der Waals surface area contributed by atoms with Gasteiger partial charge in [-0.05, 0) is 19.8 Å². The number of rotatable bonds is 8. The van der Waals surface area contributed by atoms with Crippen LogP contribution in [-0.4, -0.2) is 41.3 Å². The first kappa shape index (κ1) is 14.7. The van der Waals surface area contributed by atoms with Gasteiger partial charge in [0.2, 0.25) is 5.95 Å². The number of hydrogen-bond donors (Lipinski definition) is 2. The van der Waals surface area contributed by atoms with Crippen LogP contribution < -0.4 is 10.2 Å². The molecule has 0 aliphatic rings. The van der Waals surface area contributed by atoms with Crippen LogP contribution in [0.25, 0.3) is 0 Å². The van der Waals surface area contributed by atoms with Crippen molar-refractivity contribution in [2.75, 3.05) is 36.5 Å². The molecule has 0 unspecified atom stereocenters. The van der Waals surface area contributed by atoms with Crippen LogP contribution in [0.1, 0.15) is 32.3 Å². The Bertz CT molecular complexity index is 351.